The largest absolute Gasteiger partial charge is 0.457 e. The standard InChI is InChI=1S/C17H14N2O5S/c1-3-18-16(20)15(25-17(18)21)9-12-6-7-14(24-12)11-5-4-10(2)13(8-11)19(22)23/h4-9H,3H2,1-2H3/b15-9+. The number of benzene rings is 1. The van der Waals surface area contributed by atoms with Gasteiger partial charge in [0.2, 0.25) is 0 Å². The zero-order valence-electron chi connectivity index (χ0n) is 13.5. The number of thioether (sulfide) groups is 1. The van der Waals surface area contributed by atoms with E-state index in [0.717, 1.165) is 16.7 Å². The van der Waals surface area contributed by atoms with Crippen LogP contribution in [0.5, 0.6) is 0 Å². The van der Waals surface area contributed by atoms with Crippen LogP contribution < -0.4 is 0 Å². The van der Waals surface area contributed by atoms with Crippen LogP contribution >= 0.6 is 11.8 Å². The molecule has 1 aromatic heterocycles. The van der Waals surface area contributed by atoms with E-state index < -0.39 is 4.92 Å². The van der Waals surface area contributed by atoms with E-state index in [1.807, 2.05) is 0 Å². The van der Waals surface area contributed by atoms with Crippen LogP contribution in [0.25, 0.3) is 17.4 Å². The first-order chi connectivity index (χ1) is 11.9. The zero-order chi connectivity index (χ0) is 18.1. The maximum Gasteiger partial charge on any atom is 0.293 e. The van der Waals surface area contributed by atoms with Gasteiger partial charge in [-0.2, -0.15) is 0 Å². The molecule has 1 aliphatic heterocycles. The van der Waals surface area contributed by atoms with Gasteiger partial charge >= 0.3 is 0 Å². The predicted molar refractivity (Wildman–Crippen MR) is 93.9 cm³/mol. The molecule has 1 fully saturated rings. The Balaban J connectivity index is 1.90. The van der Waals surface area contributed by atoms with Gasteiger partial charge in [0, 0.05) is 29.8 Å². The summed E-state index contributed by atoms with van der Waals surface area (Å²) in [5, 5.41) is 10.7. The van der Waals surface area contributed by atoms with E-state index in [9.17, 15) is 19.7 Å². The molecule has 0 unspecified atom stereocenters. The molecule has 0 N–H and O–H groups in total. The molecule has 3 rings (SSSR count). The Bertz CT molecular complexity index is 916. The van der Waals surface area contributed by atoms with Gasteiger partial charge in [0.1, 0.15) is 11.5 Å². The third-order valence-electron chi connectivity index (χ3n) is 3.78. The van der Waals surface area contributed by atoms with Crippen LogP contribution in [0.3, 0.4) is 0 Å². The van der Waals surface area contributed by atoms with Crippen molar-refractivity contribution in [2.45, 2.75) is 13.8 Å². The van der Waals surface area contributed by atoms with Crippen molar-refractivity contribution in [3.05, 3.63) is 56.7 Å². The highest BCUT2D eigenvalue weighted by Gasteiger charge is 2.33. The fourth-order valence-corrected chi connectivity index (χ4v) is 3.33. The van der Waals surface area contributed by atoms with Crippen LogP contribution in [0.2, 0.25) is 0 Å². The highest BCUT2D eigenvalue weighted by atomic mass is 32.2. The van der Waals surface area contributed by atoms with E-state index in [2.05, 4.69) is 0 Å². The number of nitro groups is 1. The lowest BCUT2D eigenvalue weighted by molar-refractivity contribution is -0.385. The van der Waals surface area contributed by atoms with E-state index in [1.54, 1.807) is 38.1 Å². The van der Waals surface area contributed by atoms with Gasteiger partial charge in [0.15, 0.2) is 0 Å². The Morgan fingerprint density at radius 2 is 2.04 bits per heavy atom. The Hall–Kier alpha value is -2.87. The normalized spacial score (nSPS) is 16.1. The number of imide groups is 1. The summed E-state index contributed by atoms with van der Waals surface area (Å²) in [7, 11) is 0. The molecule has 0 atom stereocenters. The molecule has 0 aliphatic carbocycles. The second kappa shape index (κ2) is 6.56. The highest BCUT2D eigenvalue weighted by Crippen LogP contribution is 2.33. The average Bonchev–Trinajstić information content (AvgIpc) is 3.13. The quantitative estimate of drug-likeness (QED) is 0.461. The number of hydrogen-bond donors (Lipinski definition) is 0. The first kappa shape index (κ1) is 17.0. The summed E-state index contributed by atoms with van der Waals surface area (Å²) in [6.07, 6.45) is 1.51. The molecule has 128 valence electrons. The fourth-order valence-electron chi connectivity index (χ4n) is 2.45. The van der Waals surface area contributed by atoms with Crippen molar-refractivity contribution >= 4 is 34.7 Å². The van der Waals surface area contributed by atoms with Gasteiger partial charge in [-0.15, -0.1) is 0 Å². The second-order valence-electron chi connectivity index (χ2n) is 5.39. The molecule has 1 saturated heterocycles. The average molecular weight is 358 g/mol. The Morgan fingerprint density at radius 1 is 1.28 bits per heavy atom. The number of rotatable bonds is 4. The van der Waals surface area contributed by atoms with Gasteiger partial charge in [-0.05, 0) is 37.7 Å². The maximum absolute atomic E-state index is 12.1. The minimum Gasteiger partial charge on any atom is -0.457 e. The molecule has 0 spiro atoms. The first-order valence-electron chi connectivity index (χ1n) is 7.51. The van der Waals surface area contributed by atoms with Crippen molar-refractivity contribution < 1.29 is 18.9 Å². The summed E-state index contributed by atoms with van der Waals surface area (Å²) in [5.74, 6) is 0.505. The Morgan fingerprint density at radius 3 is 2.68 bits per heavy atom. The lowest BCUT2D eigenvalue weighted by Gasteiger charge is -2.06. The zero-order valence-corrected chi connectivity index (χ0v) is 14.3. The summed E-state index contributed by atoms with van der Waals surface area (Å²) in [4.78, 5) is 35.9. The van der Waals surface area contributed by atoms with Gasteiger partial charge in [-0.3, -0.25) is 24.6 Å². The van der Waals surface area contributed by atoms with E-state index in [4.69, 9.17) is 4.42 Å². The lowest BCUT2D eigenvalue weighted by atomic mass is 10.1. The second-order valence-corrected chi connectivity index (χ2v) is 6.38. The molecule has 2 heterocycles. The fraction of sp³-hybridized carbons (Fsp3) is 0.176. The van der Waals surface area contributed by atoms with Crippen molar-refractivity contribution in [2.24, 2.45) is 0 Å². The molecular weight excluding hydrogens is 344 g/mol. The number of nitro benzene ring substituents is 1. The minimum atomic E-state index is -0.441. The number of nitrogens with zero attached hydrogens (tertiary/aromatic N) is 2. The first-order valence-corrected chi connectivity index (χ1v) is 8.33. The number of likely N-dealkylation sites (N-methyl/N-ethyl adjacent to an activating group) is 1. The molecule has 2 amide bonds. The smallest absolute Gasteiger partial charge is 0.293 e. The number of amides is 2. The molecule has 0 saturated carbocycles. The van der Waals surface area contributed by atoms with Crippen LogP contribution in [-0.2, 0) is 4.79 Å². The third kappa shape index (κ3) is 3.20. The van der Waals surface area contributed by atoms with E-state index in [0.29, 0.717) is 34.1 Å². The molecule has 0 bridgehead atoms. The number of carbonyl (C=O) groups is 2. The van der Waals surface area contributed by atoms with Crippen molar-refractivity contribution in [1.29, 1.82) is 0 Å². The third-order valence-corrected chi connectivity index (χ3v) is 4.69. The number of aryl methyl sites for hydroxylation is 1. The van der Waals surface area contributed by atoms with Gasteiger partial charge in [-0.25, -0.2) is 0 Å². The Labute approximate surface area is 147 Å². The molecule has 1 aliphatic rings. The monoisotopic (exact) mass is 358 g/mol. The van der Waals surface area contributed by atoms with Gasteiger partial charge in [0.05, 0.1) is 9.83 Å². The topological polar surface area (TPSA) is 93.7 Å². The molecule has 1 aromatic carbocycles. The molecular formula is C17H14N2O5S. The summed E-state index contributed by atoms with van der Waals surface area (Å²) >= 11 is 0.864. The van der Waals surface area contributed by atoms with Gasteiger partial charge < -0.3 is 4.42 Å². The van der Waals surface area contributed by atoms with Crippen LogP contribution in [0.4, 0.5) is 10.5 Å². The number of furan rings is 1. The van der Waals surface area contributed by atoms with Crippen LogP contribution in [0, 0.1) is 17.0 Å². The van der Waals surface area contributed by atoms with Gasteiger partial charge in [0.25, 0.3) is 16.8 Å². The minimum absolute atomic E-state index is 0.0134. The SMILES string of the molecule is CCN1C(=O)S/C(=C/c2ccc(-c3ccc(C)c([N+](=O)[O-])c3)o2)C1=O. The maximum atomic E-state index is 12.1. The van der Waals surface area contributed by atoms with Crippen molar-refractivity contribution in [3.63, 3.8) is 0 Å². The van der Waals surface area contributed by atoms with E-state index in [1.165, 1.54) is 12.1 Å². The summed E-state index contributed by atoms with van der Waals surface area (Å²) in [6.45, 7) is 3.71. The number of carbonyl (C=O) groups excluding carboxylic acids is 2. The predicted octanol–water partition coefficient (Wildman–Crippen LogP) is 4.22. The van der Waals surface area contributed by atoms with Crippen LogP contribution in [-0.4, -0.2) is 27.5 Å². The molecule has 7 nitrogen and oxygen atoms in total. The van der Waals surface area contributed by atoms with Gasteiger partial charge in [-0.1, -0.05) is 12.1 Å². The Kier molecular flexibility index (Phi) is 4.45. The summed E-state index contributed by atoms with van der Waals surface area (Å²) in [5.41, 5.74) is 1.15. The summed E-state index contributed by atoms with van der Waals surface area (Å²) < 4.78 is 5.66. The van der Waals surface area contributed by atoms with E-state index >= 15 is 0 Å². The molecule has 0 radical (unpaired) electrons. The number of hydrogen-bond acceptors (Lipinski definition) is 6. The lowest BCUT2D eigenvalue weighted by Crippen LogP contribution is -2.27. The molecule has 2 aromatic rings. The van der Waals surface area contributed by atoms with Crippen LogP contribution in [0.1, 0.15) is 18.2 Å². The molecule has 8 heteroatoms. The highest BCUT2D eigenvalue weighted by molar-refractivity contribution is 8.18. The van der Waals surface area contributed by atoms with Crippen molar-refractivity contribution in [3.8, 4) is 11.3 Å². The summed E-state index contributed by atoms with van der Waals surface area (Å²) in [6, 6.07) is 8.16. The van der Waals surface area contributed by atoms with Crippen molar-refractivity contribution in [2.75, 3.05) is 6.54 Å². The van der Waals surface area contributed by atoms with Crippen molar-refractivity contribution in [1.82, 2.24) is 4.90 Å². The van der Waals surface area contributed by atoms with E-state index in [-0.39, 0.29) is 16.8 Å². The van der Waals surface area contributed by atoms with Crippen LogP contribution in [0.15, 0.2) is 39.7 Å². The molecule has 25 heavy (non-hydrogen) atoms.